The maximum Gasteiger partial charge on any atom is 0.261 e. The summed E-state index contributed by atoms with van der Waals surface area (Å²) in [7, 11) is -0.291. The van der Waals surface area contributed by atoms with Crippen LogP contribution in [0.5, 0.6) is 0 Å². The average Bonchev–Trinajstić information content (AvgIpc) is 3.00. The van der Waals surface area contributed by atoms with E-state index in [0.717, 1.165) is 0 Å². The predicted octanol–water partition coefficient (Wildman–Crippen LogP) is 0.384. The van der Waals surface area contributed by atoms with Crippen LogP contribution in [-0.2, 0) is 14.8 Å². The molecule has 0 aromatic carbocycles. The summed E-state index contributed by atoms with van der Waals surface area (Å²) in [4.78, 5) is 12.6. The molecule has 0 bridgehead atoms. The van der Waals surface area contributed by atoms with Crippen LogP contribution < -0.4 is 5.32 Å². The molecule has 0 spiro atoms. The van der Waals surface area contributed by atoms with Gasteiger partial charge in [-0.2, -0.15) is 0 Å². The van der Waals surface area contributed by atoms with Crippen LogP contribution in [0.15, 0.2) is 17.5 Å². The SMILES string of the molecule is CN(C)S(=O)(=O)C[C@@H]1COC[C@@H]1NC(=O)c1cccs1. The lowest BCUT2D eigenvalue weighted by atomic mass is 10.1. The molecule has 1 fully saturated rings. The Bertz CT molecular complexity index is 554. The first-order valence-electron chi connectivity index (χ1n) is 6.22. The van der Waals surface area contributed by atoms with Crippen molar-refractivity contribution in [2.24, 2.45) is 5.92 Å². The molecule has 0 radical (unpaired) electrons. The Kier molecular flexibility index (Phi) is 4.79. The third kappa shape index (κ3) is 3.57. The number of carbonyl (C=O) groups is 1. The van der Waals surface area contributed by atoms with E-state index in [1.165, 1.54) is 29.7 Å². The van der Waals surface area contributed by atoms with E-state index in [4.69, 9.17) is 4.74 Å². The lowest BCUT2D eigenvalue weighted by molar-refractivity contribution is 0.0930. The highest BCUT2D eigenvalue weighted by atomic mass is 32.2. The predicted molar refractivity (Wildman–Crippen MR) is 77.4 cm³/mol. The van der Waals surface area contributed by atoms with Gasteiger partial charge in [0.25, 0.3) is 5.91 Å². The first kappa shape index (κ1) is 15.4. The minimum Gasteiger partial charge on any atom is -0.379 e. The second-order valence-corrected chi connectivity index (χ2v) is 8.09. The van der Waals surface area contributed by atoms with Crippen LogP contribution in [-0.4, -0.2) is 57.7 Å². The van der Waals surface area contributed by atoms with Gasteiger partial charge in [0.2, 0.25) is 10.0 Å². The van der Waals surface area contributed by atoms with Crippen molar-refractivity contribution in [2.45, 2.75) is 6.04 Å². The highest BCUT2D eigenvalue weighted by Gasteiger charge is 2.34. The Labute approximate surface area is 122 Å². The Balaban J connectivity index is 1.99. The molecule has 0 unspecified atom stereocenters. The largest absolute Gasteiger partial charge is 0.379 e. The van der Waals surface area contributed by atoms with Crippen molar-refractivity contribution in [2.75, 3.05) is 33.1 Å². The van der Waals surface area contributed by atoms with Gasteiger partial charge in [0.1, 0.15) is 0 Å². The third-order valence-corrected chi connectivity index (χ3v) is 6.07. The zero-order valence-corrected chi connectivity index (χ0v) is 13.0. The van der Waals surface area contributed by atoms with E-state index in [0.29, 0.717) is 18.1 Å². The number of nitrogens with zero attached hydrogens (tertiary/aromatic N) is 1. The number of carbonyl (C=O) groups excluding carboxylic acids is 1. The van der Waals surface area contributed by atoms with Crippen molar-refractivity contribution in [1.29, 1.82) is 0 Å². The van der Waals surface area contributed by atoms with E-state index in [1.807, 2.05) is 5.38 Å². The zero-order valence-electron chi connectivity index (χ0n) is 11.4. The van der Waals surface area contributed by atoms with Crippen LogP contribution in [0.3, 0.4) is 0 Å². The molecule has 2 rings (SSSR count). The minimum absolute atomic E-state index is 0.0185. The van der Waals surface area contributed by atoms with Gasteiger partial charge in [-0.05, 0) is 11.4 Å². The normalized spacial score (nSPS) is 23.1. The molecular weight excluding hydrogens is 300 g/mol. The van der Waals surface area contributed by atoms with E-state index in [2.05, 4.69) is 5.32 Å². The Morgan fingerprint density at radius 3 is 2.85 bits per heavy atom. The van der Waals surface area contributed by atoms with Gasteiger partial charge in [-0.25, -0.2) is 12.7 Å². The molecule has 0 aliphatic carbocycles. The summed E-state index contributed by atoms with van der Waals surface area (Å²) in [6.45, 7) is 0.702. The Morgan fingerprint density at radius 1 is 1.50 bits per heavy atom. The van der Waals surface area contributed by atoms with Crippen molar-refractivity contribution in [3.05, 3.63) is 22.4 Å². The molecule has 20 heavy (non-hydrogen) atoms. The van der Waals surface area contributed by atoms with Gasteiger partial charge >= 0.3 is 0 Å². The fraction of sp³-hybridized carbons (Fsp3) is 0.583. The molecule has 1 saturated heterocycles. The molecule has 2 heterocycles. The van der Waals surface area contributed by atoms with Crippen molar-refractivity contribution in [3.8, 4) is 0 Å². The number of hydrogen-bond donors (Lipinski definition) is 1. The minimum atomic E-state index is -3.30. The third-order valence-electron chi connectivity index (χ3n) is 3.24. The molecular formula is C12H18N2O4S2. The molecule has 1 aliphatic heterocycles. The lowest BCUT2D eigenvalue weighted by Crippen LogP contribution is -2.43. The lowest BCUT2D eigenvalue weighted by Gasteiger charge is -2.20. The summed E-state index contributed by atoms with van der Waals surface area (Å²) in [6.07, 6.45) is 0. The molecule has 2 atom stereocenters. The van der Waals surface area contributed by atoms with Crippen LogP contribution >= 0.6 is 11.3 Å². The second kappa shape index (κ2) is 6.21. The topological polar surface area (TPSA) is 75.7 Å². The molecule has 1 amide bonds. The number of sulfonamides is 1. The summed E-state index contributed by atoms with van der Waals surface area (Å²) in [5.74, 6) is -0.413. The van der Waals surface area contributed by atoms with Crippen LogP contribution in [0.25, 0.3) is 0 Å². The molecule has 1 N–H and O–H groups in total. The maximum absolute atomic E-state index is 12.0. The first-order valence-corrected chi connectivity index (χ1v) is 8.71. The van der Waals surface area contributed by atoms with Gasteiger partial charge in [0.05, 0.1) is 29.9 Å². The number of amides is 1. The second-order valence-electron chi connectivity index (χ2n) is 4.92. The number of nitrogens with one attached hydrogen (secondary N) is 1. The molecule has 0 saturated carbocycles. The van der Waals surface area contributed by atoms with E-state index in [-0.39, 0.29) is 23.6 Å². The standard InChI is InChI=1S/C12H18N2O4S2/c1-14(2)20(16,17)8-9-6-18-7-10(9)13-12(15)11-4-3-5-19-11/h3-5,9-10H,6-8H2,1-2H3,(H,13,15)/t9-,10-/m0/s1. The van der Waals surface area contributed by atoms with E-state index in [1.54, 1.807) is 12.1 Å². The van der Waals surface area contributed by atoms with Gasteiger partial charge in [0.15, 0.2) is 0 Å². The van der Waals surface area contributed by atoms with Crippen LogP contribution in [0.1, 0.15) is 9.67 Å². The van der Waals surface area contributed by atoms with Crippen LogP contribution in [0.2, 0.25) is 0 Å². The maximum atomic E-state index is 12.0. The Morgan fingerprint density at radius 2 is 2.25 bits per heavy atom. The summed E-state index contributed by atoms with van der Waals surface area (Å²) < 4.78 is 30.3. The monoisotopic (exact) mass is 318 g/mol. The highest BCUT2D eigenvalue weighted by Crippen LogP contribution is 2.18. The van der Waals surface area contributed by atoms with Crippen molar-refractivity contribution in [3.63, 3.8) is 0 Å². The van der Waals surface area contributed by atoms with Gasteiger partial charge in [-0.3, -0.25) is 4.79 Å². The summed E-state index contributed by atoms with van der Waals surface area (Å²) in [5, 5.41) is 4.68. The van der Waals surface area contributed by atoms with Crippen molar-refractivity contribution in [1.82, 2.24) is 9.62 Å². The number of thiophene rings is 1. The molecule has 1 aromatic heterocycles. The smallest absolute Gasteiger partial charge is 0.261 e. The molecule has 8 heteroatoms. The number of rotatable bonds is 5. The summed E-state index contributed by atoms with van der Waals surface area (Å²) >= 11 is 1.35. The molecule has 112 valence electrons. The molecule has 6 nitrogen and oxygen atoms in total. The van der Waals surface area contributed by atoms with E-state index < -0.39 is 10.0 Å². The molecule has 1 aromatic rings. The first-order chi connectivity index (χ1) is 9.40. The van der Waals surface area contributed by atoms with Gasteiger partial charge in [-0.15, -0.1) is 11.3 Å². The van der Waals surface area contributed by atoms with Gasteiger partial charge in [-0.1, -0.05) is 6.07 Å². The fourth-order valence-corrected chi connectivity index (χ4v) is 3.78. The number of ether oxygens (including phenoxy) is 1. The summed E-state index contributed by atoms with van der Waals surface area (Å²) in [6, 6.07) is 3.28. The van der Waals surface area contributed by atoms with Crippen LogP contribution in [0, 0.1) is 5.92 Å². The van der Waals surface area contributed by atoms with Crippen molar-refractivity contribution < 1.29 is 17.9 Å². The zero-order chi connectivity index (χ0) is 14.8. The average molecular weight is 318 g/mol. The quantitative estimate of drug-likeness (QED) is 0.852. The molecule has 1 aliphatic rings. The van der Waals surface area contributed by atoms with Gasteiger partial charge < -0.3 is 10.1 Å². The van der Waals surface area contributed by atoms with Crippen molar-refractivity contribution >= 4 is 27.3 Å². The van der Waals surface area contributed by atoms with Crippen LogP contribution in [0.4, 0.5) is 0 Å². The van der Waals surface area contributed by atoms with Gasteiger partial charge in [0, 0.05) is 20.0 Å². The van der Waals surface area contributed by atoms with E-state index >= 15 is 0 Å². The number of hydrogen-bond acceptors (Lipinski definition) is 5. The Hall–Kier alpha value is -0.960. The highest BCUT2D eigenvalue weighted by molar-refractivity contribution is 7.89. The summed E-state index contributed by atoms with van der Waals surface area (Å²) in [5.41, 5.74) is 0. The fourth-order valence-electron chi connectivity index (χ4n) is 1.99. The van der Waals surface area contributed by atoms with E-state index in [9.17, 15) is 13.2 Å².